The number of nitrogens with two attached hydrogens (primary N) is 1. The first kappa shape index (κ1) is 17.7. The second-order valence-electron chi connectivity index (χ2n) is 5.35. The van der Waals surface area contributed by atoms with Gasteiger partial charge in [-0.3, -0.25) is 4.79 Å². The molecule has 0 spiro atoms. The average molecular weight is 359 g/mol. The van der Waals surface area contributed by atoms with Gasteiger partial charge in [-0.05, 0) is 12.5 Å². The van der Waals surface area contributed by atoms with E-state index in [4.69, 9.17) is 5.14 Å². The van der Waals surface area contributed by atoms with E-state index in [9.17, 15) is 13.2 Å². The molecule has 3 N–H and O–H groups in total. The lowest BCUT2D eigenvalue weighted by atomic mass is 10.1. The van der Waals surface area contributed by atoms with Crippen molar-refractivity contribution in [2.45, 2.75) is 6.42 Å². The highest BCUT2D eigenvalue weighted by Crippen LogP contribution is 2.24. The summed E-state index contributed by atoms with van der Waals surface area (Å²) in [6.45, 7) is 1.90. The number of anilines is 1. The van der Waals surface area contributed by atoms with Gasteiger partial charge in [0, 0.05) is 37.6 Å². The number of rotatable bonds is 2. The summed E-state index contributed by atoms with van der Waals surface area (Å²) < 4.78 is 24.2. The van der Waals surface area contributed by atoms with Crippen molar-refractivity contribution in [1.29, 1.82) is 0 Å². The zero-order valence-electron chi connectivity index (χ0n) is 12.4. The number of halogens is 1. The Morgan fingerprint density at radius 2 is 1.83 bits per heavy atom. The Hall–Kier alpha value is -1.61. The highest BCUT2D eigenvalue weighted by atomic mass is 35.5. The molecule has 7 nitrogen and oxygen atoms in total. The predicted molar refractivity (Wildman–Crippen MR) is 93.3 cm³/mol. The van der Waals surface area contributed by atoms with E-state index in [0.29, 0.717) is 32.6 Å². The third-order valence-corrected chi connectivity index (χ3v) is 4.97. The van der Waals surface area contributed by atoms with E-state index in [0.717, 1.165) is 16.6 Å². The highest BCUT2D eigenvalue weighted by Gasteiger charge is 2.22. The fourth-order valence-corrected chi connectivity index (χ4v) is 3.56. The van der Waals surface area contributed by atoms with Gasteiger partial charge >= 0.3 is 0 Å². The number of nitrogens with zero attached hydrogens (tertiary/aromatic N) is 2. The maximum atomic E-state index is 11.8. The number of para-hydroxylation sites is 1. The molecule has 0 amide bonds. The molecule has 23 heavy (non-hydrogen) atoms. The molecule has 0 aliphatic carbocycles. The Bertz CT molecular complexity index is 852. The number of pyridine rings is 1. The molecule has 1 aliphatic rings. The van der Waals surface area contributed by atoms with Crippen LogP contribution in [0.4, 0.5) is 5.69 Å². The minimum atomic E-state index is -3.67. The van der Waals surface area contributed by atoms with Gasteiger partial charge in [0.2, 0.25) is 5.56 Å². The Labute approximate surface area is 140 Å². The molecule has 1 aliphatic heterocycles. The van der Waals surface area contributed by atoms with Crippen LogP contribution in [-0.4, -0.2) is 43.9 Å². The van der Waals surface area contributed by atoms with E-state index in [2.05, 4.69) is 4.98 Å². The van der Waals surface area contributed by atoms with Crippen LogP contribution in [-0.2, 0) is 10.2 Å². The summed E-state index contributed by atoms with van der Waals surface area (Å²) in [4.78, 5) is 16.7. The number of nitrogens with one attached hydrogen (secondary N) is 1. The number of H-pyrrole nitrogens is 1. The summed E-state index contributed by atoms with van der Waals surface area (Å²) in [6, 6.07) is 9.15. The molecular weight excluding hydrogens is 340 g/mol. The molecule has 0 saturated carbocycles. The zero-order valence-corrected chi connectivity index (χ0v) is 14.1. The van der Waals surface area contributed by atoms with Crippen molar-refractivity contribution in [3.63, 3.8) is 0 Å². The van der Waals surface area contributed by atoms with Crippen LogP contribution in [0, 0.1) is 0 Å². The van der Waals surface area contributed by atoms with Crippen molar-refractivity contribution in [3.05, 3.63) is 40.7 Å². The lowest BCUT2D eigenvalue weighted by Crippen LogP contribution is -2.39. The Balaban J connectivity index is 0.00000192. The van der Waals surface area contributed by atoms with Crippen LogP contribution in [0.2, 0.25) is 0 Å². The molecule has 3 rings (SSSR count). The van der Waals surface area contributed by atoms with Gasteiger partial charge in [-0.2, -0.15) is 12.7 Å². The van der Waals surface area contributed by atoms with E-state index in [1.54, 1.807) is 6.07 Å². The summed E-state index contributed by atoms with van der Waals surface area (Å²) >= 11 is 0. The molecule has 0 radical (unpaired) electrons. The summed E-state index contributed by atoms with van der Waals surface area (Å²) in [5, 5.41) is 6.15. The van der Waals surface area contributed by atoms with Crippen LogP contribution in [0.1, 0.15) is 6.42 Å². The van der Waals surface area contributed by atoms with E-state index in [1.807, 2.05) is 29.2 Å². The van der Waals surface area contributed by atoms with Crippen molar-refractivity contribution in [2.75, 3.05) is 31.1 Å². The smallest absolute Gasteiger partial charge is 0.276 e. The van der Waals surface area contributed by atoms with Crippen LogP contribution in [0.3, 0.4) is 0 Å². The first-order valence-corrected chi connectivity index (χ1v) is 8.60. The molecule has 1 aromatic heterocycles. The lowest BCUT2D eigenvalue weighted by Gasteiger charge is -2.24. The lowest BCUT2D eigenvalue weighted by molar-refractivity contribution is 0.434. The fraction of sp³-hybridized carbons (Fsp3) is 0.357. The first-order valence-electron chi connectivity index (χ1n) is 7.10. The molecule has 0 unspecified atom stereocenters. The third kappa shape index (κ3) is 3.84. The largest absolute Gasteiger partial charge is 0.369 e. The third-order valence-electron chi connectivity index (χ3n) is 3.88. The van der Waals surface area contributed by atoms with E-state index in [-0.39, 0.29) is 18.0 Å². The highest BCUT2D eigenvalue weighted by molar-refractivity contribution is 7.86. The SMILES string of the molecule is Cl.NS(=O)(=O)N1CCCN(c2cc(=O)[nH]c3ccccc23)CC1. The van der Waals surface area contributed by atoms with Gasteiger partial charge in [-0.1, -0.05) is 18.2 Å². The van der Waals surface area contributed by atoms with Crippen molar-refractivity contribution in [1.82, 2.24) is 9.29 Å². The predicted octanol–water partition coefficient (Wildman–Crippen LogP) is 0.665. The number of hydrogen-bond donors (Lipinski definition) is 2. The van der Waals surface area contributed by atoms with E-state index >= 15 is 0 Å². The van der Waals surface area contributed by atoms with Crippen molar-refractivity contribution in [2.24, 2.45) is 5.14 Å². The van der Waals surface area contributed by atoms with Gasteiger partial charge in [-0.25, -0.2) is 5.14 Å². The Morgan fingerprint density at radius 1 is 1.09 bits per heavy atom. The minimum Gasteiger partial charge on any atom is -0.369 e. The minimum absolute atomic E-state index is 0. The van der Waals surface area contributed by atoms with Gasteiger partial charge < -0.3 is 9.88 Å². The average Bonchev–Trinajstić information content (AvgIpc) is 2.72. The van der Waals surface area contributed by atoms with Crippen molar-refractivity contribution >= 4 is 39.2 Å². The zero-order chi connectivity index (χ0) is 15.7. The number of fused-ring (bicyclic) bond motifs is 1. The molecule has 1 fully saturated rings. The molecule has 0 atom stereocenters. The summed E-state index contributed by atoms with van der Waals surface area (Å²) in [5.74, 6) is 0. The Morgan fingerprint density at radius 3 is 2.57 bits per heavy atom. The maximum absolute atomic E-state index is 11.8. The second-order valence-corrected chi connectivity index (χ2v) is 6.90. The van der Waals surface area contributed by atoms with Crippen LogP contribution in [0.15, 0.2) is 35.1 Å². The van der Waals surface area contributed by atoms with Crippen molar-refractivity contribution in [3.8, 4) is 0 Å². The maximum Gasteiger partial charge on any atom is 0.276 e. The van der Waals surface area contributed by atoms with Gasteiger partial charge in [-0.15, -0.1) is 12.4 Å². The monoisotopic (exact) mass is 358 g/mol. The normalized spacial score (nSPS) is 16.8. The summed E-state index contributed by atoms with van der Waals surface area (Å²) in [5.41, 5.74) is 1.44. The summed E-state index contributed by atoms with van der Waals surface area (Å²) in [6.07, 6.45) is 0.664. The number of aromatic amines is 1. The first-order chi connectivity index (χ1) is 10.4. The second kappa shape index (κ2) is 6.88. The molecule has 2 aromatic rings. The topological polar surface area (TPSA) is 99.5 Å². The van der Waals surface area contributed by atoms with Crippen LogP contribution >= 0.6 is 12.4 Å². The standard InChI is InChI=1S/C14H18N4O3S.ClH/c15-22(20,21)18-7-3-6-17(8-9-18)13-10-14(19)16-12-5-2-1-4-11(12)13;/h1-2,4-5,10H,3,6-9H2,(H,16,19)(H2,15,20,21);1H. The molecule has 1 aromatic carbocycles. The van der Waals surface area contributed by atoms with Gasteiger partial charge in [0.1, 0.15) is 0 Å². The van der Waals surface area contributed by atoms with Crippen LogP contribution in [0.25, 0.3) is 10.9 Å². The van der Waals surface area contributed by atoms with Gasteiger partial charge in [0.25, 0.3) is 10.2 Å². The summed E-state index contributed by atoms with van der Waals surface area (Å²) in [7, 11) is -3.67. The van der Waals surface area contributed by atoms with Gasteiger partial charge in [0.15, 0.2) is 0 Å². The van der Waals surface area contributed by atoms with Crippen LogP contribution < -0.4 is 15.6 Å². The van der Waals surface area contributed by atoms with Crippen LogP contribution in [0.5, 0.6) is 0 Å². The number of benzene rings is 1. The van der Waals surface area contributed by atoms with E-state index in [1.165, 1.54) is 4.31 Å². The molecule has 9 heteroatoms. The molecule has 1 saturated heterocycles. The number of hydrogen-bond acceptors (Lipinski definition) is 4. The molecule has 126 valence electrons. The van der Waals surface area contributed by atoms with E-state index < -0.39 is 10.2 Å². The quantitative estimate of drug-likeness (QED) is 0.823. The molecular formula is C14H19ClN4O3S. The molecule has 2 heterocycles. The fourth-order valence-electron chi connectivity index (χ4n) is 2.84. The van der Waals surface area contributed by atoms with Gasteiger partial charge in [0.05, 0.1) is 11.2 Å². The number of aromatic nitrogens is 1. The molecule has 0 bridgehead atoms. The van der Waals surface area contributed by atoms with Crippen molar-refractivity contribution < 1.29 is 8.42 Å². The Kier molecular flexibility index (Phi) is 5.30.